The van der Waals surface area contributed by atoms with Crippen LogP contribution in [-0.4, -0.2) is 28.0 Å². The quantitative estimate of drug-likeness (QED) is 0.584. The Morgan fingerprint density at radius 1 is 1.14 bits per heavy atom. The van der Waals surface area contributed by atoms with Gasteiger partial charge in [-0.25, -0.2) is 4.98 Å². The summed E-state index contributed by atoms with van der Waals surface area (Å²) in [6.07, 6.45) is -4.76. The van der Waals surface area contributed by atoms with Crippen molar-refractivity contribution >= 4 is 51.8 Å². The number of alkyl halides is 3. The number of anilines is 1. The molecule has 0 aliphatic heterocycles. The van der Waals surface area contributed by atoms with Gasteiger partial charge in [-0.1, -0.05) is 35.3 Å². The molecule has 0 saturated heterocycles. The summed E-state index contributed by atoms with van der Waals surface area (Å²) < 4.78 is 45.2. The van der Waals surface area contributed by atoms with Gasteiger partial charge in [-0.15, -0.1) is 0 Å². The number of para-hydroxylation sites is 2. The molecule has 0 aliphatic carbocycles. The van der Waals surface area contributed by atoms with Crippen LogP contribution in [0.5, 0.6) is 0 Å². The van der Waals surface area contributed by atoms with E-state index in [4.69, 9.17) is 27.9 Å². The standard InChI is InChI=1S/C18H12Cl2F3N3O3/c19-10-5-6-11(20)13(7-10)24-15(27)9-29-16(28)8-26-14-4-2-1-3-12(14)25-17(26)18(21,22)23/h1-7H,8-9H2,(H,24,27). The number of esters is 1. The first-order valence-electron chi connectivity index (χ1n) is 8.08. The van der Waals surface area contributed by atoms with Crippen LogP contribution in [0.4, 0.5) is 18.9 Å². The van der Waals surface area contributed by atoms with E-state index in [1.807, 2.05) is 0 Å². The van der Waals surface area contributed by atoms with Crippen LogP contribution < -0.4 is 5.32 Å². The molecule has 0 bridgehead atoms. The van der Waals surface area contributed by atoms with Crippen LogP contribution in [-0.2, 0) is 27.0 Å². The van der Waals surface area contributed by atoms with Crippen LogP contribution in [0.2, 0.25) is 10.0 Å². The second-order valence-corrected chi connectivity index (χ2v) is 6.68. The van der Waals surface area contributed by atoms with Crippen molar-refractivity contribution in [2.45, 2.75) is 12.7 Å². The van der Waals surface area contributed by atoms with Gasteiger partial charge in [0, 0.05) is 5.02 Å². The van der Waals surface area contributed by atoms with Gasteiger partial charge in [0.15, 0.2) is 6.61 Å². The SMILES string of the molecule is O=C(COC(=O)Cn1c(C(F)(F)F)nc2ccccc21)Nc1cc(Cl)ccc1Cl. The lowest BCUT2D eigenvalue weighted by atomic mass is 10.3. The molecule has 1 N–H and O–H groups in total. The number of ether oxygens (including phenoxy) is 1. The zero-order valence-electron chi connectivity index (χ0n) is 14.5. The summed E-state index contributed by atoms with van der Waals surface area (Å²) in [6.45, 7) is -1.48. The highest BCUT2D eigenvalue weighted by molar-refractivity contribution is 6.35. The van der Waals surface area contributed by atoms with Gasteiger partial charge in [-0.3, -0.25) is 9.59 Å². The molecule has 0 spiro atoms. The van der Waals surface area contributed by atoms with Crippen LogP contribution in [0.25, 0.3) is 11.0 Å². The first kappa shape index (κ1) is 20.9. The van der Waals surface area contributed by atoms with Crippen molar-refractivity contribution in [1.29, 1.82) is 0 Å². The van der Waals surface area contributed by atoms with Crippen LogP contribution in [0.15, 0.2) is 42.5 Å². The van der Waals surface area contributed by atoms with E-state index in [1.54, 1.807) is 0 Å². The molecule has 3 rings (SSSR count). The van der Waals surface area contributed by atoms with Gasteiger partial charge in [0.25, 0.3) is 5.91 Å². The summed E-state index contributed by atoms with van der Waals surface area (Å²) in [7, 11) is 0. The first-order chi connectivity index (χ1) is 13.6. The molecule has 0 atom stereocenters. The van der Waals surface area contributed by atoms with Crippen LogP contribution in [0.3, 0.4) is 0 Å². The molecule has 1 aromatic heterocycles. The fourth-order valence-electron chi connectivity index (χ4n) is 2.55. The van der Waals surface area contributed by atoms with E-state index in [0.717, 1.165) is 0 Å². The van der Waals surface area contributed by atoms with Crippen molar-refractivity contribution in [3.05, 3.63) is 58.3 Å². The monoisotopic (exact) mass is 445 g/mol. The number of hydrogen-bond donors (Lipinski definition) is 1. The molecule has 1 heterocycles. The summed E-state index contributed by atoms with van der Waals surface area (Å²) in [5.74, 6) is -2.99. The number of nitrogens with zero attached hydrogens (tertiary/aromatic N) is 2. The van der Waals surface area contributed by atoms with Crippen molar-refractivity contribution in [2.24, 2.45) is 0 Å². The molecule has 29 heavy (non-hydrogen) atoms. The zero-order valence-corrected chi connectivity index (χ0v) is 16.0. The van der Waals surface area contributed by atoms with Crippen molar-refractivity contribution in [1.82, 2.24) is 9.55 Å². The van der Waals surface area contributed by atoms with E-state index >= 15 is 0 Å². The van der Waals surface area contributed by atoms with Crippen LogP contribution >= 0.6 is 23.2 Å². The van der Waals surface area contributed by atoms with Gasteiger partial charge in [-0.05, 0) is 30.3 Å². The number of hydrogen-bond acceptors (Lipinski definition) is 4. The Balaban J connectivity index is 1.68. The van der Waals surface area contributed by atoms with Gasteiger partial charge in [0.2, 0.25) is 5.82 Å². The topological polar surface area (TPSA) is 73.2 Å². The Hall–Kier alpha value is -2.78. The summed E-state index contributed by atoms with van der Waals surface area (Å²) in [5.41, 5.74) is 0.410. The molecule has 11 heteroatoms. The van der Waals surface area contributed by atoms with Crippen molar-refractivity contribution < 1.29 is 27.5 Å². The van der Waals surface area contributed by atoms with Crippen molar-refractivity contribution in [2.75, 3.05) is 11.9 Å². The highest BCUT2D eigenvalue weighted by atomic mass is 35.5. The molecular weight excluding hydrogens is 434 g/mol. The molecule has 0 aliphatic rings. The number of rotatable bonds is 5. The molecule has 1 amide bonds. The average molecular weight is 446 g/mol. The van der Waals surface area contributed by atoms with Gasteiger partial charge in [0.1, 0.15) is 6.54 Å². The van der Waals surface area contributed by atoms with E-state index in [1.165, 1.54) is 42.5 Å². The lowest BCUT2D eigenvalue weighted by Gasteiger charge is -2.12. The number of aromatic nitrogens is 2. The van der Waals surface area contributed by atoms with E-state index in [-0.39, 0.29) is 21.7 Å². The maximum atomic E-state index is 13.2. The number of amides is 1. The molecule has 152 valence electrons. The Morgan fingerprint density at radius 3 is 2.59 bits per heavy atom. The first-order valence-corrected chi connectivity index (χ1v) is 8.84. The Labute approximate surface area is 172 Å². The number of nitrogens with one attached hydrogen (secondary N) is 1. The Bertz CT molecular complexity index is 1080. The maximum absolute atomic E-state index is 13.2. The molecule has 2 aromatic carbocycles. The van der Waals surface area contributed by atoms with Gasteiger partial charge in [-0.2, -0.15) is 13.2 Å². The molecule has 3 aromatic rings. The molecule has 6 nitrogen and oxygen atoms in total. The fraction of sp³-hybridized carbons (Fsp3) is 0.167. The third kappa shape index (κ3) is 4.99. The predicted molar refractivity (Wildman–Crippen MR) is 101 cm³/mol. The summed E-state index contributed by atoms with van der Waals surface area (Å²) in [4.78, 5) is 27.5. The third-order valence-electron chi connectivity index (χ3n) is 3.76. The van der Waals surface area contributed by atoms with E-state index < -0.39 is 37.0 Å². The normalized spacial score (nSPS) is 11.5. The lowest BCUT2D eigenvalue weighted by molar-refractivity contribution is -0.152. The summed E-state index contributed by atoms with van der Waals surface area (Å²) in [5, 5.41) is 2.94. The lowest BCUT2D eigenvalue weighted by Crippen LogP contribution is -2.25. The molecule has 0 saturated carbocycles. The predicted octanol–water partition coefficient (Wildman–Crippen LogP) is 4.54. The highest BCUT2D eigenvalue weighted by Gasteiger charge is 2.38. The fourth-order valence-corrected chi connectivity index (χ4v) is 2.89. The zero-order chi connectivity index (χ0) is 21.2. The third-order valence-corrected chi connectivity index (χ3v) is 4.33. The smallest absolute Gasteiger partial charge is 0.449 e. The molecule has 0 fully saturated rings. The largest absolute Gasteiger partial charge is 0.454 e. The maximum Gasteiger partial charge on any atom is 0.449 e. The Morgan fingerprint density at radius 2 is 1.86 bits per heavy atom. The minimum absolute atomic E-state index is 0.0842. The second kappa shape index (κ2) is 8.30. The number of benzene rings is 2. The van der Waals surface area contributed by atoms with Crippen molar-refractivity contribution in [3.63, 3.8) is 0 Å². The van der Waals surface area contributed by atoms with E-state index in [0.29, 0.717) is 9.59 Å². The number of carbonyl (C=O) groups excluding carboxylic acids is 2. The highest BCUT2D eigenvalue weighted by Crippen LogP contribution is 2.31. The molecule has 0 radical (unpaired) electrons. The molecule has 0 unspecified atom stereocenters. The number of carbonyl (C=O) groups is 2. The van der Waals surface area contributed by atoms with Gasteiger partial charge in [0.05, 0.1) is 21.7 Å². The van der Waals surface area contributed by atoms with E-state index in [2.05, 4.69) is 10.3 Å². The van der Waals surface area contributed by atoms with Crippen molar-refractivity contribution in [3.8, 4) is 0 Å². The van der Waals surface area contributed by atoms with Gasteiger partial charge < -0.3 is 14.6 Å². The minimum atomic E-state index is -4.76. The van der Waals surface area contributed by atoms with E-state index in [9.17, 15) is 22.8 Å². The number of halogens is 5. The van der Waals surface area contributed by atoms with Crippen LogP contribution in [0.1, 0.15) is 5.82 Å². The number of imidazole rings is 1. The number of fused-ring (bicyclic) bond motifs is 1. The van der Waals surface area contributed by atoms with Gasteiger partial charge >= 0.3 is 12.1 Å². The molecular formula is C18H12Cl2F3N3O3. The van der Waals surface area contributed by atoms with Crippen LogP contribution in [0, 0.1) is 0 Å². The minimum Gasteiger partial charge on any atom is -0.454 e. The summed E-state index contributed by atoms with van der Waals surface area (Å²) >= 11 is 11.7. The average Bonchev–Trinajstić information content (AvgIpc) is 3.02. The summed E-state index contributed by atoms with van der Waals surface area (Å²) in [6, 6.07) is 10.2. The Kier molecular flexibility index (Phi) is 5.99. The second-order valence-electron chi connectivity index (χ2n) is 5.84.